The molecule has 0 atom stereocenters. The van der Waals surface area contributed by atoms with Crippen molar-refractivity contribution >= 4 is 23.3 Å². The van der Waals surface area contributed by atoms with Crippen LogP contribution in [0.4, 0.5) is 10.5 Å². The van der Waals surface area contributed by atoms with Crippen LogP contribution in [0.2, 0.25) is 5.02 Å². The number of ether oxygens (including phenoxy) is 1. The molecule has 2 amide bonds. The van der Waals surface area contributed by atoms with Gasteiger partial charge in [0, 0.05) is 26.8 Å². The number of rotatable bonds is 2. The fraction of sp³-hybridized carbons (Fsp3) is 0.364. The number of carbonyl (C=O) groups excluding carboxylic acids is 1. The molecule has 16 heavy (non-hydrogen) atoms. The van der Waals surface area contributed by atoms with Gasteiger partial charge in [-0.3, -0.25) is 4.90 Å². The molecule has 1 aromatic carbocycles. The highest BCUT2D eigenvalue weighted by Gasteiger charge is 2.13. The second-order valence-electron chi connectivity index (χ2n) is 3.55. The van der Waals surface area contributed by atoms with Gasteiger partial charge in [-0.25, -0.2) is 4.79 Å². The van der Waals surface area contributed by atoms with Crippen LogP contribution in [-0.2, 0) is 0 Å². The van der Waals surface area contributed by atoms with E-state index in [1.807, 2.05) is 0 Å². The lowest BCUT2D eigenvalue weighted by Crippen LogP contribution is -2.36. The van der Waals surface area contributed by atoms with Crippen LogP contribution in [0, 0.1) is 0 Å². The highest BCUT2D eigenvalue weighted by Crippen LogP contribution is 2.28. The smallest absolute Gasteiger partial charge is 0.323 e. The third kappa shape index (κ3) is 2.58. The fourth-order valence-electron chi connectivity index (χ4n) is 1.27. The van der Waals surface area contributed by atoms with Crippen LogP contribution in [0.15, 0.2) is 18.2 Å². The average molecular weight is 243 g/mol. The molecule has 0 heterocycles. The molecule has 88 valence electrons. The van der Waals surface area contributed by atoms with Crippen molar-refractivity contribution in [2.24, 2.45) is 0 Å². The topological polar surface area (TPSA) is 32.8 Å². The Balaban J connectivity index is 2.97. The van der Waals surface area contributed by atoms with Gasteiger partial charge in [-0.15, -0.1) is 0 Å². The Morgan fingerprint density at radius 2 is 1.94 bits per heavy atom. The van der Waals surface area contributed by atoms with Gasteiger partial charge in [0.2, 0.25) is 0 Å². The van der Waals surface area contributed by atoms with Crippen LogP contribution < -0.4 is 9.64 Å². The largest absolute Gasteiger partial charge is 0.495 e. The van der Waals surface area contributed by atoms with E-state index in [1.54, 1.807) is 46.5 Å². The minimum Gasteiger partial charge on any atom is -0.495 e. The minimum atomic E-state index is -0.110. The zero-order valence-electron chi connectivity index (χ0n) is 9.82. The Hall–Kier alpha value is -1.42. The summed E-state index contributed by atoms with van der Waals surface area (Å²) < 4.78 is 5.04. The van der Waals surface area contributed by atoms with Crippen molar-refractivity contribution in [3.8, 4) is 5.75 Å². The zero-order chi connectivity index (χ0) is 12.3. The summed E-state index contributed by atoms with van der Waals surface area (Å²) in [6.45, 7) is 0. The van der Waals surface area contributed by atoms with Gasteiger partial charge in [-0.05, 0) is 18.2 Å². The Bertz CT molecular complexity index is 394. The highest BCUT2D eigenvalue weighted by molar-refractivity contribution is 6.32. The van der Waals surface area contributed by atoms with Crippen molar-refractivity contribution in [1.82, 2.24) is 4.90 Å². The standard InChI is InChI=1S/C11H15ClN2O2/c1-13(2)11(15)14(3)8-5-6-10(16-4)9(12)7-8/h5-7H,1-4H3. The van der Waals surface area contributed by atoms with E-state index in [-0.39, 0.29) is 6.03 Å². The van der Waals surface area contributed by atoms with Crippen LogP contribution in [0.25, 0.3) is 0 Å². The lowest BCUT2D eigenvalue weighted by atomic mass is 10.3. The summed E-state index contributed by atoms with van der Waals surface area (Å²) in [5.41, 5.74) is 0.726. The maximum absolute atomic E-state index is 11.7. The van der Waals surface area contributed by atoms with E-state index >= 15 is 0 Å². The Labute approximate surface area is 100 Å². The Kier molecular flexibility index (Phi) is 4.01. The summed E-state index contributed by atoms with van der Waals surface area (Å²) in [6, 6.07) is 5.10. The molecular formula is C11H15ClN2O2. The molecule has 0 aliphatic carbocycles. The Morgan fingerprint density at radius 3 is 2.38 bits per heavy atom. The van der Waals surface area contributed by atoms with E-state index in [0.29, 0.717) is 10.8 Å². The minimum absolute atomic E-state index is 0.110. The maximum Gasteiger partial charge on any atom is 0.323 e. The molecule has 0 N–H and O–H groups in total. The van der Waals surface area contributed by atoms with Crippen molar-refractivity contribution in [1.29, 1.82) is 0 Å². The van der Waals surface area contributed by atoms with Crippen molar-refractivity contribution in [2.45, 2.75) is 0 Å². The summed E-state index contributed by atoms with van der Waals surface area (Å²) in [7, 11) is 6.64. The number of hydrogen-bond acceptors (Lipinski definition) is 2. The lowest BCUT2D eigenvalue weighted by molar-refractivity contribution is 0.225. The molecule has 5 heteroatoms. The van der Waals surface area contributed by atoms with Gasteiger partial charge in [-0.2, -0.15) is 0 Å². The van der Waals surface area contributed by atoms with E-state index in [1.165, 1.54) is 9.80 Å². The monoisotopic (exact) mass is 242 g/mol. The first-order chi connectivity index (χ1) is 7.47. The van der Waals surface area contributed by atoms with Crippen molar-refractivity contribution in [3.05, 3.63) is 23.2 Å². The summed E-state index contributed by atoms with van der Waals surface area (Å²) in [4.78, 5) is 14.7. The normalized spacial score (nSPS) is 9.81. The number of carbonyl (C=O) groups is 1. The maximum atomic E-state index is 11.7. The quantitative estimate of drug-likeness (QED) is 0.798. The van der Waals surface area contributed by atoms with Gasteiger partial charge < -0.3 is 9.64 Å². The third-order valence-electron chi connectivity index (χ3n) is 2.19. The molecule has 0 unspecified atom stereocenters. The van der Waals surface area contributed by atoms with E-state index in [2.05, 4.69) is 0 Å². The summed E-state index contributed by atoms with van der Waals surface area (Å²) in [5.74, 6) is 0.594. The molecule has 0 saturated heterocycles. The number of anilines is 1. The molecule has 0 bridgehead atoms. The molecule has 0 aliphatic rings. The predicted octanol–water partition coefficient (Wildman–Crippen LogP) is 2.47. The second kappa shape index (κ2) is 5.07. The summed E-state index contributed by atoms with van der Waals surface area (Å²) in [6.07, 6.45) is 0. The van der Waals surface area contributed by atoms with E-state index in [4.69, 9.17) is 16.3 Å². The van der Waals surface area contributed by atoms with E-state index in [0.717, 1.165) is 5.69 Å². The molecule has 0 aromatic heterocycles. The molecule has 0 radical (unpaired) electrons. The fourth-order valence-corrected chi connectivity index (χ4v) is 1.53. The highest BCUT2D eigenvalue weighted by atomic mass is 35.5. The molecule has 1 aromatic rings. The van der Waals surface area contributed by atoms with Crippen LogP contribution in [0.5, 0.6) is 5.75 Å². The first-order valence-corrected chi connectivity index (χ1v) is 5.13. The van der Waals surface area contributed by atoms with Gasteiger partial charge in [0.05, 0.1) is 12.1 Å². The predicted molar refractivity (Wildman–Crippen MR) is 65.5 cm³/mol. The van der Waals surface area contributed by atoms with E-state index in [9.17, 15) is 4.79 Å². The van der Waals surface area contributed by atoms with Gasteiger partial charge in [0.15, 0.2) is 0 Å². The molecular weight excluding hydrogens is 228 g/mol. The van der Waals surface area contributed by atoms with E-state index < -0.39 is 0 Å². The summed E-state index contributed by atoms with van der Waals surface area (Å²) >= 11 is 5.98. The number of halogens is 1. The molecule has 0 spiro atoms. The van der Waals surface area contributed by atoms with Gasteiger partial charge in [0.1, 0.15) is 5.75 Å². The van der Waals surface area contributed by atoms with Crippen molar-refractivity contribution < 1.29 is 9.53 Å². The SMILES string of the molecule is COc1ccc(N(C)C(=O)N(C)C)cc1Cl. The lowest BCUT2D eigenvalue weighted by Gasteiger charge is -2.22. The number of methoxy groups -OCH3 is 1. The third-order valence-corrected chi connectivity index (χ3v) is 2.49. The number of urea groups is 1. The zero-order valence-corrected chi connectivity index (χ0v) is 10.6. The van der Waals surface area contributed by atoms with Gasteiger partial charge in [0.25, 0.3) is 0 Å². The van der Waals surface area contributed by atoms with Crippen LogP contribution >= 0.6 is 11.6 Å². The van der Waals surface area contributed by atoms with Crippen molar-refractivity contribution in [3.63, 3.8) is 0 Å². The number of benzene rings is 1. The molecule has 0 aliphatic heterocycles. The second-order valence-corrected chi connectivity index (χ2v) is 3.96. The Morgan fingerprint density at radius 1 is 1.31 bits per heavy atom. The molecule has 1 rings (SSSR count). The van der Waals surface area contributed by atoms with Crippen molar-refractivity contribution in [2.75, 3.05) is 33.2 Å². The molecule has 0 saturated carbocycles. The van der Waals surface area contributed by atoms with Gasteiger partial charge >= 0.3 is 6.03 Å². The average Bonchev–Trinajstić information content (AvgIpc) is 2.26. The first-order valence-electron chi connectivity index (χ1n) is 4.76. The number of amides is 2. The first kappa shape index (κ1) is 12.6. The number of hydrogen-bond donors (Lipinski definition) is 0. The van der Waals surface area contributed by atoms with Crippen LogP contribution in [-0.4, -0.2) is 39.2 Å². The molecule has 4 nitrogen and oxygen atoms in total. The summed E-state index contributed by atoms with van der Waals surface area (Å²) in [5, 5.41) is 0.485. The molecule has 0 fully saturated rings. The number of nitrogens with zero attached hydrogens (tertiary/aromatic N) is 2. The van der Waals surface area contributed by atoms with Gasteiger partial charge in [-0.1, -0.05) is 11.6 Å². The van der Waals surface area contributed by atoms with Crippen LogP contribution in [0.1, 0.15) is 0 Å². The van der Waals surface area contributed by atoms with Crippen LogP contribution in [0.3, 0.4) is 0 Å².